The van der Waals surface area contributed by atoms with Crippen molar-refractivity contribution in [3.63, 3.8) is 0 Å². The van der Waals surface area contributed by atoms with E-state index in [1.165, 1.54) is 11.1 Å². The van der Waals surface area contributed by atoms with E-state index in [0.717, 1.165) is 18.8 Å². The number of rotatable bonds is 8. The van der Waals surface area contributed by atoms with Gasteiger partial charge in [-0.1, -0.05) is 17.7 Å². The van der Waals surface area contributed by atoms with Gasteiger partial charge in [-0.15, -0.1) is 0 Å². The smallest absolute Gasteiger partial charge is 0.123 e. The van der Waals surface area contributed by atoms with Crippen molar-refractivity contribution in [3.8, 4) is 5.75 Å². The lowest BCUT2D eigenvalue weighted by Crippen LogP contribution is -2.41. The molecule has 1 atom stereocenters. The predicted molar refractivity (Wildman–Crippen MR) is 91.1 cm³/mol. The maximum absolute atomic E-state index is 5.47. The first kappa shape index (κ1) is 18.0. The van der Waals surface area contributed by atoms with Gasteiger partial charge >= 0.3 is 0 Å². The molecule has 1 rings (SSSR count). The average Bonchev–Trinajstić information content (AvgIpc) is 2.42. The summed E-state index contributed by atoms with van der Waals surface area (Å²) >= 11 is 0. The minimum atomic E-state index is 0.293. The van der Waals surface area contributed by atoms with Crippen molar-refractivity contribution >= 4 is 0 Å². The normalized spacial score (nSPS) is 13.2. The first-order valence-electron chi connectivity index (χ1n) is 8.00. The molecule has 1 aromatic rings. The van der Waals surface area contributed by atoms with Crippen molar-refractivity contribution < 1.29 is 4.74 Å². The van der Waals surface area contributed by atoms with Crippen molar-refractivity contribution in [1.82, 2.24) is 10.2 Å². The summed E-state index contributed by atoms with van der Waals surface area (Å²) in [6.45, 7) is 15.4. The van der Waals surface area contributed by atoms with Gasteiger partial charge in [0.05, 0.1) is 7.11 Å². The molecule has 3 heteroatoms. The van der Waals surface area contributed by atoms with Crippen LogP contribution in [0.25, 0.3) is 0 Å². The second kappa shape index (κ2) is 8.40. The van der Waals surface area contributed by atoms with E-state index in [1.807, 2.05) is 0 Å². The summed E-state index contributed by atoms with van der Waals surface area (Å²) in [6.07, 6.45) is 0. The number of nitrogens with one attached hydrogen (secondary N) is 1. The van der Waals surface area contributed by atoms with Gasteiger partial charge in [-0.2, -0.15) is 0 Å². The summed E-state index contributed by atoms with van der Waals surface area (Å²) in [6, 6.07) is 7.80. The van der Waals surface area contributed by atoms with Crippen molar-refractivity contribution in [1.29, 1.82) is 0 Å². The molecule has 0 heterocycles. The Kier molecular flexibility index (Phi) is 7.20. The Hall–Kier alpha value is -1.06. The average molecular weight is 292 g/mol. The lowest BCUT2D eigenvalue weighted by Gasteiger charge is -2.31. The molecule has 0 saturated heterocycles. The first-order chi connectivity index (χ1) is 9.86. The van der Waals surface area contributed by atoms with Gasteiger partial charge in [0.2, 0.25) is 0 Å². The largest absolute Gasteiger partial charge is 0.496 e. The van der Waals surface area contributed by atoms with Crippen LogP contribution in [0.3, 0.4) is 0 Å². The molecule has 0 aliphatic carbocycles. The standard InChI is InChI=1S/C18H32N2O/c1-13(2)20(14(3)4)11-10-19-16(6)17-12-15(5)8-9-18(17)21-7/h8-9,12-14,16,19H,10-11H2,1-7H3. The van der Waals surface area contributed by atoms with Crippen LogP contribution in [0, 0.1) is 6.92 Å². The van der Waals surface area contributed by atoms with Crippen LogP contribution >= 0.6 is 0 Å². The Bertz CT molecular complexity index is 421. The lowest BCUT2D eigenvalue weighted by atomic mass is 10.0. The Morgan fingerprint density at radius 3 is 2.24 bits per heavy atom. The number of hydrogen-bond acceptors (Lipinski definition) is 3. The van der Waals surface area contributed by atoms with E-state index >= 15 is 0 Å². The molecule has 1 aromatic carbocycles. The number of benzene rings is 1. The highest BCUT2D eigenvalue weighted by Gasteiger charge is 2.15. The third-order valence-electron chi connectivity index (χ3n) is 4.00. The van der Waals surface area contributed by atoms with Gasteiger partial charge in [0, 0.05) is 36.8 Å². The van der Waals surface area contributed by atoms with Crippen LogP contribution in [-0.4, -0.2) is 37.2 Å². The van der Waals surface area contributed by atoms with E-state index < -0.39 is 0 Å². The van der Waals surface area contributed by atoms with E-state index in [1.54, 1.807) is 7.11 Å². The molecule has 120 valence electrons. The second-order valence-corrected chi connectivity index (χ2v) is 6.35. The van der Waals surface area contributed by atoms with Crippen molar-refractivity contribution in [2.24, 2.45) is 0 Å². The second-order valence-electron chi connectivity index (χ2n) is 6.35. The maximum atomic E-state index is 5.47. The fourth-order valence-corrected chi connectivity index (χ4v) is 2.82. The molecule has 21 heavy (non-hydrogen) atoms. The van der Waals surface area contributed by atoms with Gasteiger partial charge in [0.15, 0.2) is 0 Å². The van der Waals surface area contributed by atoms with Crippen molar-refractivity contribution in [2.45, 2.75) is 59.7 Å². The highest BCUT2D eigenvalue weighted by molar-refractivity contribution is 5.38. The zero-order valence-electron chi connectivity index (χ0n) is 14.7. The Balaban J connectivity index is 2.61. The number of hydrogen-bond donors (Lipinski definition) is 1. The van der Waals surface area contributed by atoms with Crippen LogP contribution in [0.4, 0.5) is 0 Å². The summed E-state index contributed by atoms with van der Waals surface area (Å²) in [4.78, 5) is 2.51. The van der Waals surface area contributed by atoms with Crippen LogP contribution < -0.4 is 10.1 Å². The van der Waals surface area contributed by atoms with Gasteiger partial charge < -0.3 is 10.1 Å². The zero-order chi connectivity index (χ0) is 16.0. The third-order valence-corrected chi connectivity index (χ3v) is 4.00. The zero-order valence-corrected chi connectivity index (χ0v) is 14.7. The highest BCUT2D eigenvalue weighted by Crippen LogP contribution is 2.25. The molecule has 0 radical (unpaired) electrons. The topological polar surface area (TPSA) is 24.5 Å². The molecule has 0 amide bonds. The van der Waals surface area contributed by atoms with E-state index in [4.69, 9.17) is 4.74 Å². The summed E-state index contributed by atoms with van der Waals surface area (Å²) in [5.41, 5.74) is 2.50. The molecule has 1 N–H and O–H groups in total. The minimum Gasteiger partial charge on any atom is -0.496 e. The molecule has 0 fully saturated rings. The molecule has 0 saturated carbocycles. The van der Waals surface area contributed by atoms with Crippen LogP contribution in [0.1, 0.15) is 51.8 Å². The lowest BCUT2D eigenvalue weighted by molar-refractivity contribution is 0.174. The number of ether oxygens (including phenoxy) is 1. The van der Waals surface area contributed by atoms with E-state index in [9.17, 15) is 0 Å². The van der Waals surface area contributed by atoms with Crippen LogP contribution in [0.5, 0.6) is 5.75 Å². The van der Waals surface area contributed by atoms with Crippen molar-refractivity contribution in [3.05, 3.63) is 29.3 Å². The number of nitrogens with zero attached hydrogens (tertiary/aromatic N) is 1. The molecule has 0 spiro atoms. The molecular weight excluding hydrogens is 260 g/mol. The van der Waals surface area contributed by atoms with Gasteiger partial charge in [0.25, 0.3) is 0 Å². The molecule has 3 nitrogen and oxygen atoms in total. The van der Waals surface area contributed by atoms with Crippen LogP contribution in [-0.2, 0) is 0 Å². The Morgan fingerprint density at radius 1 is 1.10 bits per heavy atom. The molecule has 0 bridgehead atoms. The minimum absolute atomic E-state index is 0.293. The number of methoxy groups -OCH3 is 1. The van der Waals surface area contributed by atoms with E-state index in [-0.39, 0.29) is 0 Å². The Morgan fingerprint density at radius 2 is 1.71 bits per heavy atom. The van der Waals surface area contributed by atoms with Gasteiger partial charge in [-0.3, -0.25) is 4.90 Å². The van der Waals surface area contributed by atoms with Crippen LogP contribution in [0.2, 0.25) is 0 Å². The summed E-state index contributed by atoms with van der Waals surface area (Å²) in [5, 5.41) is 3.62. The SMILES string of the molecule is COc1ccc(C)cc1C(C)NCCN(C(C)C)C(C)C. The van der Waals surface area contributed by atoms with Crippen LogP contribution in [0.15, 0.2) is 18.2 Å². The van der Waals surface area contributed by atoms with E-state index in [0.29, 0.717) is 18.1 Å². The monoisotopic (exact) mass is 292 g/mol. The molecule has 0 aliphatic rings. The summed E-state index contributed by atoms with van der Waals surface area (Å²) < 4.78 is 5.47. The summed E-state index contributed by atoms with van der Waals surface area (Å²) in [5.74, 6) is 0.963. The van der Waals surface area contributed by atoms with Gasteiger partial charge in [-0.05, 0) is 47.6 Å². The third kappa shape index (κ3) is 5.33. The fourth-order valence-electron chi connectivity index (χ4n) is 2.82. The highest BCUT2D eigenvalue weighted by atomic mass is 16.5. The Labute approximate surface area is 130 Å². The van der Waals surface area contributed by atoms with Gasteiger partial charge in [-0.25, -0.2) is 0 Å². The summed E-state index contributed by atoms with van der Waals surface area (Å²) in [7, 11) is 1.74. The van der Waals surface area contributed by atoms with E-state index in [2.05, 4.69) is 70.0 Å². The number of aryl methyl sites for hydroxylation is 1. The fraction of sp³-hybridized carbons (Fsp3) is 0.667. The predicted octanol–water partition coefficient (Wildman–Crippen LogP) is 3.77. The molecular formula is C18H32N2O. The van der Waals surface area contributed by atoms with Gasteiger partial charge in [0.1, 0.15) is 5.75 Å². The van der Waals surface area contributed by atoms with Crippen molar-refractivity contribution in [2.75, 3.05) is 20.2 Å². The molecule has 0 aromatic heterocycles. The molecule has 1 unspecified atom stereocenters. The quantitative estimate of drug-likeness (QED) is 0.789. The maximum Gasteiger partial charge on any atom is 0.123 e. The first-order valence-corrected chi connectivity index (χ1v) is 8.00. The molecule has 0 aliphatic heterocycles.